The van der Waals surface area contributed by atoms with Gasteiger partial charge in [0, 0.05) is 19.2 Å². The maximum atomic E-state index is 11.4. The Balaban J connectivity index is 2.90. The van der Waals surface area contributed by atoms with Gasteiger partial charge in [-0.2, -0.15) is 0 Å². The van der Waals surface area contributed by atoms with E-state index in [9.17, 15) is 15.0 Å². The molecule has 0 aromatic heterocycles. The molecule has 0 bridgehead atoms. The van der Waals surface area contributed by atoms with Crippen LogP contribution < -0.4 is 11.1 Å². The zero-order chi connectivity index (χ0) is 13.2. The first-order valence-electron chi connectivity index (χ1n) is 4.46. The third-order valence-electron chi connectivity index (χ3n) is 1.99. The van der Waals surface area contributed by atoms with Crippen LogP contribution in [0.25, 0.3) is 0 Å². The zero-order valence-electron chi connectivity index (χ0n) is 8.93. The minimum absolute atomic E-state index is 0.0518. The minimum atomic E-state index is -0.720. The van der Waals surface area contributed by atoms with E-state index in [0.29, 0.717) is 0 Å². The Labute approximate surface area is 96.4 Å². The Morgan fingerprint density at radius 2 is 1.82 bits per heavy atom. The van der Waals surface area contributed by atoms with Crippen LogP contribution in [0.3, 0.4) is 0 Å². The second-order valence-electron chi connectivity index (χ2n) is 3.24. The lowest BCUT2D eigenvalue weighted by atomic mass is 10.2. The Bertz CT molecular complexity index is 451. The van der Waals surface area contributed by atoms with E-state index in [4.69, 9.17) is 16.2 Å². The van der Waals surface area contributed by atoms with Crippen LogP contribution in [0.2, 0.25) is 0 Å². The van der Waals surface area contributed by atoms with Crippen LogP contribution >= 0.6 is 0 Å². The summed E-state index contributed by atoms with van der Waals surface area (Å²) in [5.41, 5.74) is 5.14. The van der Waals surface area contributed by atoms with Gasteiger partial charge in [0.1, 0.15) is 0 Å². The molecule has 0 atom stereocenters. The van der Waals surface area contributed by atoms with Gasteiger partial charge in [0.15, 0.2) is 23.2 Å². The summed E-state index contributed by atoms with van der Waals surface area (Å²) in [5.74, 6) is -2.30. The molecule has 0 fully saturated rings. The fraction of sp³-hybridized carbons (Fsp3) is 0.111. The SMILES string of the molecule is CN(C(=N)N)C(=O)Nc1cc(O)c(O)c(O)c1. The normalized spacial score (nSPS) is 9.71. The Kier molecular flexibility index (Phi) is 3.27. The van der Waals surface area contributed by atoms with Crippen LogP contribution in [0.5, 0.6) is 17.2 Å². The number of hydrogen-bond donors (Lipinski definition) is 6. The van der Waals surface area contributed by atoms with E-state index in [2.05, 4.69) is 5.32 Å². The van der Waals surface area contributed by atoms with Crippen molar-refractivity contribution < 1.29 is 20.1 Å². The largest absolute Gasteiger partial charge is 0.504 e. The van der Waals surface area contributed by atoms with Crippen LogP contribution in [-0.4, -0.2) is 39.3 Å². The molecule has 2 amide bonds. The number of nitrogens with two attached hydrogens (primary N) is 1. The van der Waals surface area contributed by atoms with Crippen molar-refractivity contribution in [3.05, 3.63) is 12.1 Å². The van der Waals surface area contributed by atoms with Crippen LogP contribution in [0.4, 0.5) is 10.5 Å². The average Bonchev–Trinajstić information content (AvgIpc) is 2.24. The number of nitrogens with one attached hydrogen (secondary N) is 2. The number of phenolic OH excluding ortho intramolecular Hbond substituents is 3. The Hall–Kier alpha value is -2.64. The molecule has 1 aromatic carbocycles. The van der Waals surface area contributed by atoms with Gasteiger partial charge in [-0.05, 0) is 0 Å². The summed E-state index contributed by atoms with van der Waals surface area (Å²) in [6, 6.07) is 1.36. The van der Waals surface area contributed by atoms with Crippen molar-refractivity contribution in [3.8, 4) is 17.2 Å². The maximum absolute atomic E-state index is 11.4. The van der Waals surface area contributed by atoms with Crippen LogP contribution in [0.15, 0.2) is 12.1 Å². The summed E-state index contributed by atoms with van der Waals surface area (Å²) >= 11 is 0. The number of amides is 2. The molecule has 0 heterocycles. The second-order valence-corrected chi connectivity index (χ2v) is 3.24. The van der Waals surface area contributed by atoms with Gasteiger partial charge in [-0.15, -0.1) is 0 Å². The fourth-order valence-corrected chi connectivity index (χ4v) is 0.993. The molecule has 1 rings (SSSR count). The van der Waals surface area contributed by atoms with Gasteiger partial charge in [0.05, 0.1) is 5.69 Å². The Morgan fingerprint density at radius 1 is 1.35 bits per heavy atom. The highest BCUT2D eigenvalue weighted by atomic mass is 16.3. The molecule has 0 aliphatic rings. The summed E-state index contributed by atoms with van der Waals surface area (Å²) in [4.78, 5) is 12.3. The number of nitrogens with zero attached hydrogens (tertiary/aromatic N) is 1. The van der Waals surface area contributed by atoms with Crippen molar-refractivity contribution in [2.75, 3.05) is 12.4 Å². The van der Waals surface area contributed by atoms with E-state index in [-0.39, 0.29) is 5.69 Å². The van der Waals surface area contributed by atoms with E-state index in [1.54, 1.807) is 0 Å². The van der Waals surface area contributed by atoms with E-state index >= 15 is 0 Å². The molecule has 92 valence electrons. The number of aromatic hydroxyl groups is 3. The van der Waals surface area contributed by atoms with Crippen LogP contribution in [0, 0.1) is 5.41 Å². The number of guanidine groups is 1. The summed E-state index contributed by atoms with van der Waals surface area (Å²) in [6.07, 6.45) is 0. The molecule has 8 nitrogen and oxygen atoms in total. The number of phenols is 3. The summed E-state index contributed by atoms with van der Waals surface area (Å²) in [5, 5.41) is 36.8. The molecule has 0 spiro atoms. The highest BCUT2D eigenvalue weighted by molar-refractivity contribution is 6.00. The third-order valence-corrected chi connectivity index (χ3v) is 1.99. The van der Waals surface area contributed by atoms with E-state index in [1.807, 2.05) is 0 Å². The van der Waals surface area contributed by atoms with Crippen molar-refractivity contribution in [2.24, 2.45) is 5.73 Å². The molecular weight excluding hydrogens is 228 g/mol. The lowest BCUT2D eigenvalue weighted by Gasteiger charge is -2.15. The maximum Gasteiger partial charge on any atom is 0.328 e. The van der Waals surface area contributed by atoms with Crippen molar-refractivity contribution in [3.63, 3.8) is 0 Å². The standard InChI is InChI=1S/C9H12N4O4/c1-13(8(10)11)9(17)12-4-2-5(14)7(16)6(15)3-4/h2-3,14-16H,1H3,(H3,10,11)(H,12,17). The number of rotatable bonds is 1. The highest BCUT2D eigenvalue weighted by Gasteiger charge is 2.14. The molecule has 1 aromatic rings. The second kappa shape index (κ2) is 4.47. The van der Waals surface area contributed by atoms with Gasteiger partial charge in [-0.25, -0.2) is 4.79 Å². The molecule has 0 radical (unpaired) electrons. The monoisotopic (exact) mass is 240 g/mol. The lowest BCUT2D eigenvalue weighted by Crippen LogP contribution is -2.40. The van der Waals surface area contributed by atoms with Crippen LogP contribution in [0.1, 0.15) is 0 Å². The molecule has 0 saturated heterocycles. The first kappa shape index (κ1) is 12.4. The molecule has 17 heavy (non-hydrogen) atoms. The molecule has 0 saturated carbocycles. The predicted octanol–water partition coefficient (Wildman–Crippen LogP) is 0.161. The number of urea groups is 1. The van der Waals surface area contributed by atoms with Gasteiger partial charge in [-0.3, -0.25) is 10.3 Å². The number of benzene rings is 1. The van der Waals surface area contributed by atoms with Gasteiger partial charge in [0.25, 0.3) is 0 Å². The van der Waals surface area contributed by atoms with Crippen molar-refractivity contribution in [1.29, 1.82) is 5.41 Å². The highest BCUT2D eigenvalue weighted by Crippen LogP contribution is 2.37. The fourth-order valence-electron chi connectivity index (χ4n) is 0.993. The van der Waals surface area contributed by atoms with Gasteiger partial charge in [0.2, 0.25) is 0 Å². The minimum Gasteiger partial charge on any atom is -0.504 e. The first-order valence-corrected chi connectivity index (χ1v) is 4.46. The number of carbonyl (C=O) groups excluding carboxylic acids is 1. The lowest BCUT2D eigenvalue weighted by molar-refractivity contribution is 0.238. The Morgan fingerprint density at radius 3 is 2.24 bits per heavy atom. The zero-order valence-corrected chi connectivity index (χ0v) is 8.93. The number of anilines is 1. The molecular formula is C9H12N4O4. The van der Waals surface area contributed by atoms with E-state index < -0.39 is 29.2 Å². The van der Waals surface area contributed by atoms with Gasteiger partial charge in [-0.1, -0.05) is 0 Å². The van der Waals surface area contributed by atoms with Crippen LogP contribution in [-0.2, 0) is 0 Å². The molecule has 8 heteroatoms. The van der Waals surface area contributed by atoms with Gasteiger partial charge < -0.3 is 26.4 Å². The summed E-state index contributed by atoms with van der Waals surface area (Å²) in [7, 11) is 1.28. The van der Waals surface area contributed by atoms with Gasteiger partial charge >= 0.3 is 6.03 Å². The number of hydrogen-bond acceptors (Lipinski definition) is 5. The predicted molar refractivity (Wildman–Crippen MR) is 60.1 cm³/mol. The smallest absolute Gasteiger partial charge is 0.328 e. The van der Waals surface area contributed by atoms with E-state index in [0.717, 1.165) is 17.0 Å². The first-order chi connectivity index (χ1) is 7.82. The molecule has 0 aliphatic heterocycles. The topological polar surface area (TPSA) is 143 Å². The van der Waals surface area contributed by atoms with Crippen molar-refractivity contribution in [1.82, 2.24) is 4.90 Å². The van der Waals surface area contributed by atoms with Crippen molar-refractivity contribution >= 4 is 17.7 Å². The summed E-state index contributed by atoms with van der Waals surface area (Å²) in [6.45, 7) is 0. The third kappa shape index (κ3) is 2.68. The molecule has 0 aliphatic carbocycles. The van der Waals surface area contributed by atoms with E-state index in [1.165, 1.54) is 7.05 Å². The number of carbonyl (C=O) groups is 1. The quantitative estimate of drug-likeness (QED) is 0.179. The average molecular weight is 240 g/mol. The van der Waals surface area contributed by atoms with Crippen molar-refractivity contribution in [2.45, 2.75) is 0 Å². The molecule has 0 unspecified atom stereocenters. The molecule has 7 N–H and O–H groups in total. The summed E-state index contributed by atoms with van der Waals surface area (Å²) < 4.78 is 0.